The third kappa shape index (κ3) is 4.07. The molecule has 3 heteroatoms. The highest BCUT2D eigenvalue weighted by molar-refractivity contribution is 6.00. The first kappa shape index (κ1) is 16.0. The molecule has 1 aliphatic heterocycles. The molecule has 1 aromatic carbocycles. The maximum atomic E-state index is 12.5. The Morgan fingerprint density at radius 3 is 2.57 bits per heavy atom. The molecule has 1 saturated heterocycles. The number of benzene rings is 1. The summed E-state index contributed by atoms with van der Waals surface area (Å²) in [6, 6.07) is 5.79. The smallest absolute Gasteiger partial charge is 0.180 e. The molecule has 0 saturated carbocycles. The zero-order chi connectivity index (χ0) is 15.4. The molecule has 2 rings (SSSR count). The van der Waals surface area contributed by atoms with Crippen LogP contribution in [0, 0.1) is 18.8 Å². The Balaban J connectivity index is 1.96. The number of hydrogen-bond acceptors (Lipinski definition) is 3. The van der Waals surface area contributed by atoms with E-state index in [9.17, 15) is 4.79 Å². The van der Waals surface area contributed by atoms with Gasteiger partial charge < -0.3 is 4.74 Å². The molecule has 1 aliphatic rings. The van der Waals surface area contributed by atoms with Gasteiger partial charge in [0, 0.05) is 0 Å². The molecular weight excluding hydrogens is 262 g/mol. The second-order valence-corrected chi connectivity index (χ2v) is 6.48. The topological polar surface area (TPSA) is 29.5 Å². The van der Waals surface area contributed by atoms with Crippen molar-refractivity contribution < 1.29 is 9.53 Å². The van der Waals surface area contributed by atoms with Gasteiger partial charge in [-0.2, -0.15) is 0 Å². The third-order valence-corrected chi connectivity index (χ3v) is 4.60. The SMILES string of the molecule is COc1cc(C)ccc1C(=O)CN1CCC(C(C)C)CC1. The number of nitrogens with zero attached hydrogens (tertiary/aromatic N) is 1. The monoisotopic (exact) mass is 289 g/mol. The first-order chi connectivity index (χ1) is 10.0. The highest BCUT2D eigenvalue weighted by atomic mass is 16.5. The summed E-state index contributed by atoms with van der Waals surface area (Å²) in [6.45, 7) is 9.16. The lowest BCUT2D eigenvalue weighted by molar-refractivity contribution is 0.0877. The number of ether oxygens (including phenoxy) is 1. The van der Waals surface area contributed by atoms with Gasteiger partial charge in [-0.15, -0.1) is 0 Å². The van der Waals surface area contributed by atoms with Gasteiger partial charge in [-0.1, -0.05) is 19.9 Å². The van der Waals surface area contributed by atoms with Crippen LogP contribution in [0.5, 0.6) is 5.75 Å². The Morgan fingerprint density at radius 2 is 2.00 bits per heavy atom. The maximum absolute atomic E-state index is 12.5. The number of ketones is 1. The van der Waals surface area contributed by atoms with Crippen LogP contribution in [-0.2, 0) is 0 Å². The second kappa shape index (κ2) is 7.08. The quantitative estimate of drug-likeness (QED) is 0.776. The molecular formula is C18H27NO2. The molecule has 0 bridgehead atoms. The van der Waals surface area contributed by atoms with Gasteiger partial charge in [-0.05, 0) is 62.4 Å². The molecule has 0 amide bonds. The van der Waals surface area contributed by atoms with Crippen molar-refractivity contribution in [2.24, 2.45) is 11.8 Å². The summed E-state index contributed by atoms with van der Waals surface area (Å²) < 4.78 is 5.35. The average molecular weight is 289 g/mol. The highest BCUT2D eigenvalue weighted by Gasteiger charge is 2.23. The van der Waals surface area contributed by atoms with Crippen molar-refractivity contribution in [3.8, 4) is 5.75 Å². The van der Waals surface area contributed by atoms with E-state index < -0.39 is 0 Å². The van der Waals surface area contributed by atoms with Crippen molar-refractivity contribution in [3.63, 3.8) is 0 Å². The van der Waals surface area contributed by atoms with Crippen molar-refractivity contribution in [3.05, 3.63) is 29.3 Å². The molecule has 1 fully saturated rings. The van der Waals surface area contributed by atoms with E-state index in [0.29, 0.717) is 17.9 Å². The van der Waals surface area contributed by atoms with E-state index >= 15 is 0 Å². The summed E-state index contributed by atoms with van der Waals surface area (Å²) in [7, 11) is 1.62. The third-order valence-electron chi connectivity index (χ3n) is 4.60. The van der Waals surface area contributed by atoms with Crippen LogP contribution in [0.3, 0.4) is 0 Å². The Labute approximate surface area is 128 Å². The van der Waals surface area contributed by atoms with Crippen LogP contribution in [-0.4, -0.2) is 37.4 Å². The summed E-state index contributed by atoms with van der Waals surface area (Å²) in [5.41, 5.74) is 1.82. The van der Waals surface area contributed by atoms with Crippen LogP contribution in [0.25, 0.3) is 0 Å². The van der Waals surface area contributed by atoms with Crippen LogP contribution < -0.4 is 4.74 Å². The molecule has 1 heterocycles. The largest absolute Gasteiger partial charge is 0.496 e. The van der Waals surface area contributed by atoms with E-state index in [1.54, 1.807) is 7.11 Å². The van der Waals surface area contributed by atoms with Crippen molar-refractivity contribution in [2.45, 2.75) is 33.6 Å². The van der Waals surface area contributed by atoms with Gasteiger partial charge in [0.05, 0.1) is 19.2 Å². The minimum absolute atomic E-state index is 0.162. The second-order valence-electron chi connectivity index (χ2n) is 6.48. The van der Waals surface area contributed by atoms with Gasteiger partial charge in [-0.25, -0.2) is 0 Å². The number of hydrogen-bond donors (Lipinski definition) is 0. The van der Waals surface area contributed by atoms with Crippen LogP contribution in [0.1, 0.15) is 42.6 Å². The van der Waals surface area contributed by atoms with E-state index in [1.165, 1.54) is 12.8 Å². The Hall–Kier alpha value is -1.35. The zero-order valence-electron chi connectivity index (χ0n) is 13.7. The van der Waals surface area contributed by atoms with Gasteiger partial charge in [0.1, 0.15) is 5.75 Å². The first-order valence-corrected chi connectivity index (χ1v) is 7.91. The van der Waals surface area contributed by atoms with E-state index in [0.717, 1.165) is 30.5 Å². The summed E-state index contributed by atoms with van der Waals surface area (Å²) in [5.74, 6) is 2.41. The van der Waals surface area contributed by atoms with Gasteiger partial charge in [0.2, 0.25) is 0 Å². The lowest BCUT2D eigenvalue weighted by Gasteiger charge is -2.33. The Morgan fingerprint density at radius 1 is 1.33 bits per heavy atom. The molecule has 0 unspecified atom stereocenters. The molecule has 0 aromatic heterocycles. The molecule has 0 aliphatic carbocycles. The van der Waals surface area contributed by atoms with E-state index in [1.807, 2.05) is 25.1 Å². The number of carbonyl (C=O) groups excluding carboxylic acids is 1. The summed E-state index contributed by atoms with van der Waals surface area (Å²) >= 11 is 0. The van der Waals surface area contributed by atoms with Crippen LogP contribution in [0.15, 0.2) is 18.2 Å². The van der Waals surface area contributed by atoms with Crippen molar-refractivity contribution >= 4 is 5.78 Å². The summed E-state index contributed by atoms with van der Waals surface area (Å²) in [5, 5.41) is 0. The predicted octanol–water partition coefficient (Wildman–Crippen LogP) is 3.55. The van der Waals surface area contributed by atoms with Crippen LogP contribution >= 0.6 is 0 Å². The minimum Gasteiger partial charge on any atom is -0.496 e. The van der Waals surface area contributed by atoms with Gasteiger partial charge in [-0.3, -0.25) is 9.69 Å². The fraction of sp³-hybridized carbons (Fsp3) is 0.611. The molecule has 0 spiro atoms. The normalized spacial score (nSPS) is 17.2. The lowest BCUT2D eigenvalue weighted by atomic mass is 9.86. The zero-order valence-corrected chi connectivity index (χ0v) is 13.7. The van der Waals surface area contributed by atoms with E-state index in [-0.39, 0.29) is 5.78 Å². The number of carbonyl (C=O) groups is 1. The number of rotatable bonds is 5. The first-order valence-electron chi connectivity index (χ1n) is 7.91. The lowest BCUT2D eigenvalue weighted by Crippen LogP contribution is -2.38. The van der Waals surface area contributed by atoms with Crippen molar-refractivity contribution in [1.29, 1.82) is 0 Å². The summed E-state index contributed by atoms with van der Waals surface area (Å²) in [6.07, 6.45) is 2.41. The number of methoxy groups -OCH3 is 1. The minimum atomic E-state index is 0.162. The Kier molecular flexibility index (Phi) is 5.40. The van der Waals surface area contributed by atoms with Crippen molar-refractivity contribution in [2.75, 3.05) is 26.7 Å². The molecule has 0 N–H and O–H groups in total. The van der Waals surface area contributed by atoms with Crippen LogP contribution in [0.4, 0.5) is 0 Å². The Bertz CT molecular complexity index is 488. The maximum Gasteiger partial charge on any atom is 0.180 e. The van der Waals surface area contributed by atoms with Gasteiger partial charge in [0.25, 0.3) is 0 Å². The fourth-order valence-corrected chi connectivity index (χ4v) is 3.09. The highest BCUT2D eigenvalue weighted by Crippen LogP contribution is 2.25. The van der Waals surface area contributed by atoms with E-state index in [4.69, 9.17) is 4.74 Å². The molecule has 0 atom stereocenters. The van der Waals surface area contributed by atoms with Gasteiger partial charge >= 0.3 is 0 Å². The number of aryl methyl sites for hydroxylation is 1. The average Bonchev–Trinajstić information content (AvgIpc) is 2.47. The molecule has 0 radical (unpaired) electrons. The van der Waals surface area contributed by atoms with Crippen molar-refractivity contribution in [1.82, 2.24) is 4.90 Å². The predicted molar refractivity (Wildman–Crippen MR) is 86.1 cm³/mol. The number of likely N-dealkylation sites (tertiary alicyclic amines) is 1. The van der Waals surface area contributed by atoms with Crippen LogP contribution in [0.2, 0.25) is 0 Å². The molecule has 1 aromatic rings. The summed E-state index contributed by atoms with van der Waals surface area (Å²) in [4.78, 5) is 14.8. The fourth-order valence-electron chi connectivity index (χ4n) is 3.09. The molecule has 21 heavy (non-hydrogen) atoms. The molecule has 3 nitrogen and oxygen atoms in total. The van der Waals surface area contributed by atoms with E-state index in [2.05, 4.69) is 18.7 Å². The number of Topliss-reactive ketones (excluding diaryl/α,β-unsaturated/α-hetero) is 1. The van der Waals surface area contributed by atoms with Gasteiger partial charge in [0.15, 0.2) is 5.78 Å². The molecule has 116 valence electrons. The number of piperidine rings is 1. The standard InChI is InChI=1S/C18H27NO2/c1-13(2)15-7-9-19(10-8-15)12-17(20)16-6-5-14(3)11-18(16)21-4/h5-6,11,13,15H,7-10,12H2,1-4H3.